The molecular weight excluding hydrogens is 233 g/mol. The molecule has 8 heteroatoms. The van der Waals surface area contributed by atoms with Crippen molar-refractivity contribution >= 4 is 5.82 Å². The van der Waals surface area contributed by atoms with E-state index in [1.807, 2.05) is 0 Å². The first-order chi connectivity index (χ1) is 7.27. The quantitative estimate of drug-likeness (QED) is 0.779. The third-order valence-electron chi connectivity index (χ3n) is 1.90. The predicted octanol–water partition coefficient (Wildman–Crippen LogP) is 2.08. The van der Waals surface area contributed by atoms with Crippen LogP contribution in [0, 0.1) is 0 Å². The Hall–Kier alpha value is -1.44. The fraction of sp³-hybridized carbons (Fsp3) is 0.375. The molecule has 1 aromatic rings. The number of nitrogen functional groups attached to an aromatic ring is 1. The summed E-state index contributed by atoms with van der Waals surface area (Å²) in [4.78, 5) is 2.89. The van der Waals surface area contributed by atoms with Gasteiger partial charge in [-0.25, -0.2) is 13.8 Å². The fourth-order valence-electron chi connectivity index (χ4n) is 1.20. The Labute approximate surface area is 87.3 Å². The second-order valence-corrected chi connectivity index (χ2v) is 2.97. The second kappa shape index (κ2) is 4.20. The summed E-state index contributed by atoms with van der Waals surface area (Å²) in [7, 11) is 0. The van der Waals surface area contributed by atoms with Crippen molar-refractivity contribution < 1.29 is 22.0 Å². The average Bonchev–Trinajstić information content (AvgIpc) is 2.14. The molecule has 0 atom stereocenters. The number of halogens is 5. The monoisotopic (exact) mass is 241 g/mol. The molecule has 0 unspecified atom stereocenters. The molecule has 1 aromatic heterocycles. The molecule has 0 aromatic carbocycles. The van der Waals surface area contributed by atoms with Gasteiger partial charge in [0.05, 0.1) is 5.56 Å². The first kappa shape index (κ1) is 12.6. The van der Waals surface area contributed by atoms with E-state index >= 15 is 0 Å². The van der Waals surface area contributed by atoms with Gasteiger partial charge >= 0.3 is 6.18 Å². The van der Waals surface area contributed by atoms with E-state index in [-0.39, 0.29) is 5.56 Å². The lowest BCUT2D eigenvalue weighted by atomic mass is 10.1. The van der Waals surface area contributed by atoms with Crippen LogP contribution < -0.4 is 11.5 Å². The van der Waals surface area contributed by atoms with Crippen molar-refractivity contribution in [2.75, 3.05) is 5.73 Å². The smallest absolute Gasteiger partial charge is 0.383 e. The van der Waals surface area contributed by atoms with Crippen LogP contribution in [0.4, 0.5) is 27.8 Å². The summed E-state index contributed by atoms with van der Waals surface area (Å²) in [5.74, 6) is -0.842. The largest absolute Gasteiger partial charge is 0.433 e. The molecule has 4 N–H and O–H groups in total. The second-order valence-electron chi connectivity index (χ2n) is 2.97. The highest BCUT2D eigenvalue weighted by Crippen LogP contribution is 2.34. The average molecular weight is 241 g/mol. The van der Waals surface area contributed by atoms with E-state index in [2.05, 4.69) is 4.98 Å². The Morgan fingerprint density at radius 3 is 2.25 bits per heavy atom. The minimum Gasteiger partial charge on any atom is -0.383 e. The van der Waals surface area contributed by atoms with Gasteiger partial charge in [-0.3, -0.25) is 0 Å². The lowest BCUT2D eigenvalue weighted by molar-refractivity contribution is -0.141. The van der Waals surface area contributed by atoms with E-state index in [1.54, 1.807) is 0 Å². The topological polar surface area (TPSA) is 64.9 Å². The predicted molar refractivity (Wildman–Crippen MR) is 46.5 cm³/mol. The maximum atomic E-state index is 12.4. The van der Waals surface area contributed by atoms with Crippen LogP contribution in [-0.4, -0.2) is 4.98 Å². The van der Waals surface area contributed by atoms with Crippen molar-refractivity contribution in [3.05, 3.63) is 22.9 Å². The van der Waals surface area contributed by atoms with Crippen molar-refractivity contribution in [1.29, 1.82) is 0 Å². The van der Waals surface area contributed by atoms with Crippen molar-refractivity contribution in [2.24, 2.45) is 5.73 Å². The molecule has 0 aliphatic rings. The van der Waals surface area contributed by atoms with Crippen LogP contribution in [-0.2, 0) is 12.7 Å². The molecule has 0 saturated heterocycles. The molecule has 0 saturated carbocycles. The Kier molecular flexibility index (Phi) is 3.32. The van der Waals surface area contributed by atoms with Crippen molar-refractivity contribution in [3.8, 4) is 0 Å². The van der Waals surface area contributed by atoms with Crippen LogP contribution in [0.15, 0.2) is 6.07 Å². The molecular formula is C8H8F5N3. The molecule has 0 bridgehead atoms. The highest BCUT2D eigenvalue weighted by atomic mass is 19.4. The molecule has 90 valence electrons. The normalized spacial score (nSPS) is 12.2. The summed E-state index contributed by atoms with van der Waals surface area (Å²) >= 11 is 0. The van der Waals surface area contributed by atoms with Gasteiger partial charge < -0.3 is 11.5 Å². The SMILES string of the molecule is NCc1cc(C(F)(F)F)nc(N)c1C(F)F. The van der Waals surface area contributed by atoms with Crippen LogP contribution in [0.2, 0.25) is 0 Å². The molecule has 1 heterocycles. The first-order valence-corrected chi connectivity index (χ1v) is 4.12. The number of pyridine rings is 1. The number of hydrogen-bond donors (Lipinski definition) is 2. The fourth-order valence-corrected chi connectivity index (χ4v) is 1.20. The number of nitrogens with two attached hydrogens (primary N) is 2. The molecule has 0 aliphatic heterocycles. The van der Waals surface area contributed by atoms with E-state index in [4.69, 9.17) is 11.5 Å². The van der Waals surface area contributed by atoms with Gasteiger partial charge in [0.15, 0.2) is 0 Å². The molecule has 1 rings (SSSR count). The standard InChI is InChI=1S/C8H8F5N3/c9-6(10)5-3(2-14)1-4(8(11,12)13)16-7(5)15/h1,6H,2,14H2,(H2,15,16). The summed E-state index contributed by atoms with van der Waals surface area (Å²) < 4.78 is 61.7. The van der Waals surface area contributed by atoms with Gasteiger partial charge in [0.2, 0.25) is 0 Å². The van der Waals surface area contributed by atoms with Gasteiger partial charge in [0.1, 0.15) is 11.5 Å². The van der Waals surface area contributed by atoms with Crippen LogP contribution >= 0.6 is 0 Å². The van der Waals surface area contributed by atoms with E-state index in [9.17, 15) is 22.0 Å². The van der Waals surface area contributed by atoms with Crippen LogP contribution in [0.1, 0.15) is 23.2 Å². The Morgan fingerprint density at radius 2 is 1.88 bits per heavy atom. The summed E-state index contributed by atoms with van der Waals surface area (Å²) in [6, 6.07) is 0.484. The maximum Gasteiger partial charge on any atom is 0.433 e. The molecule has 0 fully saturated rings. The maximum absolute atomic E-state index is 12.4. The van der Waals surface area contributed by atoms with Gasteiger partial charge in [-0.2, -0.15) is 13.2 Å². The van der Waals surface area contributed by atoms with Gasteiger partial charge in [0.25, 0.3) is 6.43 Å². The summed E-state index contributed by atoms with van der Waals surface area (Å²) in [5.41, 5.74) is 7.72. The van der Waals surface area contributed by atoms with Crippen LogP contribution in [0.3, 0.4) is 0 Å². The number of nitrogens with zero attached hydrogens (tertiary/aromatic N) is 1. The summed E-state index contributed by atoms with van der Waals surface area (Å²) in [6.45, 7) is -0.463. The highest BCUT2D eigenvalue weighted by molar-refractivity contribution is 5.47. The molecule has 0 amide bonds. The minimum absolute atomic E-state index is 0.352. The van der Waals surface area contributed by atoms with E-state index in [1.165, 1.54) is 0 Å². The van der Waals surface area contributed by atoms with Crippen molar-refractivity contribution in [2.45, 2.75) is 19.1 Å². The highest BCUT2D eigenvalue weighted by Gasteiger charge is 2.34. The van der Waals surface area contributed by atoms with Gasteiger partial charge in [-0.05, 0) is 11.6 Å². The summed E-state index contributed by atoms with van der Waals surface area (Å²) in [5, 5.41) is 0. The zero-order valence-corrected chi connectivity index (χ0v) is 7.85. The summed E-state index contributed by atoms with van der Waals surface area (Å²) in [6.07, 6.45) is -7.74. The van der Waals surface area contributed by atoms with Gasteiger partial charge in [0, 0.05) is 6.54 Å². The number of anilines is 1. The third-order valence-corrected chi connectivity index (χ3v) is 1.90. The minimum atomic E-state index is -4.74. The Morgan fingerprint density at radius 1 is 1.31 bits per heavy atom. The van der Waals surface area contributed by atoms with Crippen molar-refractivity contribution in [1.82, 2.24) is 4.98 Å². The lowest BCUT2D eigenvalue weighted by Crippen LogP contribution is -2.15. The van der Waals surface area contributed by atoms with E-state index in [0.29, 0.717) is 6.07 Å². The zero-order chi connectivity index (χ0) is 12.5. The Bertz CT molecular complexity index is 388. The molecule has 0 aliphatic carbocycles. The van der Waals surface area contributed by atoms with Crippen LogP contribution in [0.25, 0.3) is 0 Å². The number of aromatic nitrogens is 1. The van der Waals surface area contributed by atoms with Crippen molar-refractivity contribution in [3.63, 3.8) is 0 Å². The van der Waals surface area contributed by atoms with Gasteiger partial charge in [-0.15, -0.1) is 0 Å². The molecule has 3 nitrogen and oxygen atoms in total. The molecule has 16 heavy (non-hydrogen) atoms. The number of rotatable bonds is 2. The first-order valence-electron chi connectivity index (χ1n) is 4.12. The lowest BCUT2D eigenvalue weighted by Gasteiger charge is -2.13. The Balaban J connectivity index is 3.38. The van der Waals surface area contributed by atoms with Gasteiger partial charge in [-0.1, -0.05) is 0 Å². The number of alkyl halides is 5. The van der Waals surface area contributed by atoms with E-state index < -0.39 is 36.2 Å². The zero-order valence-electron chi connectivity index (χ0n) is 7.85. The van der Waals surface area contributed by atoms with Crippen LogP contribution in [0.5, 0.6) is 0 Å². The molecule has 0 spiro atoms. The van der Waals surface area contributed by atoms with E-state index in [0.717, 1.165) is 0 Å². The number of hydrogen-bond acceptors (Lipinski definition) is 3. The molecule has 0 radical (unpaired) electrons. The third kappa shape index (κ3) is 2.38.